The maximum Gasteiger partial charge on any atom is 0.191 e. The molecular formula is C20H19Cl2N3OS. The summed E-state index contributed by atoms with van der Waals surface area (Å²) in [6.45, 7) is 6.41. The molecular weight excluding hydrogens is 401 g/mol. The molecule has 0 saturated heterocycles. The minimum Gasteiger partial charge on any atom is -0.483 e. The van der Waals surface area contributed by atoms with E-state index in [4.69, 9.17) is 27.9 Å². The minimum absolute atomic E-state index is 0.237. The molecule has 0 aliphatic heterocycles. The molecule has 3 aromatic rings. The van der Waals surface area contributed by atoms with Crippen molar-refractivity contribution < 1.29 is 4.74 Å². The highest BCUT2D eigenvalue weighted by molar-refractivity contribution is 7.98. The van der Waals surface area contributed by atoms with E-state index in [1.807, 2.05) is 60.0 Å². The number of aromatic nitrogens is 3. The molecule has 0 saturated carbocycles. The van der Waals surface area contributed by atoms with Crippen LogP contribution in [0.3, 0.4) is 0 Å². The van der Waals surface area contributed by atoms with Gasteiger partial charge in [0.05, 0.1) is 10.0 Å². The van der Waals surface area contributed by atoms with E-state index in [1.165, 1.54) is 0 Å². The molecule has 27 heavy (non-hydrogen) atoms. The van der Waals surface area contributed by atoms with E-state index in [0.717, 1.165) is 22.3 Å². The normalized spacial score (nSPS) is 12.0. The van der Waals surface area contributed by atoms with E-state index in [0.29, 0.717) is 22.3 Å². The number of hydrogen-bond acceptors (Lipinski definition) is 4. The second kappa shape index (κ2) is 9.31. The van der Waals surface area contributed by atoms with Crippen LogP contribution in [-0.4, -0.2) is 14.8 Å². The largest absolute Gasteiger partial charge is 0.483 e. The lowest BCUT2D eigenvalue weighted by Gasteiger charge is -2.15. The molecule has 3 rings (SSSR count). The van der Waals surface area contributed by atoms with E-state index in [1.54, 1.807) is 17.8 Å². The van der Waals surface area contributed by atoms with Crippen LogP contribution in [0.4, 0.5) is 0 Å². The first-order chi connectivity index (χ1) is 13.1. The van der Waals surface area contributed by atoms with Crippen LogP contribution < -0.4 is 4.74 Å². The van der Waals surface area contributed by atoms with Crippen LogP contribution in [0.5, 0.6) is 5.75 Å². The van der Waals surface area contributed by atoms with Crippen molar-refractivity contribution in [3.63, 3.8) is 0 Å². The maximum atomic E-state index is 6.10. The fourth-order valence-corrected chi connectivity index (χ4v) is 3.76. The molecule has 0 N–H and O–H groups in total. The summed E-state index contributed by atoms with van der Waals surface area (Å²) in [5, 5.41) is 10.6. The highest BCUT2D eigenvalue weighted by atomic mass is 35.5. The SMILES string of the molecule is C=CCn1c(SCc2ccc(Cl)c(Cl)c2)nnc1C(C)Oc1ccccc1. The Morgan fingerprint density at radius 1 is 1.15 bits per heavy atom. The number of benzene rings is 2. The Bertz CT molecular complexity index is 915. The molecule has 0 amide bonds. The summed E-state index contributed by atoms with van der Waals surface area (Å²) in [4.78, 5) is 0. The van der Waals surface area contributed by atoms with Crippen molar-refractivity contribution in [2.24, 2.45) is 0 Å². The molecule has 0 spiro atoms. The Morgan fingerprint density at radius 2 is 1.93 bits per heavy atom. The monoisotopic (exact) mass is 419 g/mol. The molecule has 0 aliphatic carbocycles. The first-order valence-electron chi connectivity index (χ1n) is 8.41. The molecule has 140 valence electrons. The number of ether oxygens (including phenoxy) is 1. The predicted octanol–water partition coefficient (Wildman–Crippen LogP) is 6.20. The average Bonchev–Trinajstić information content (AvgIpc) is 3.07. The van der Waals surface area contributed by atoms with Crippen LogP contribution in [0.1, 0.15) is 24.4 Å². The molecule has 1 atom stereocenters. The number of hydrogen-bond donors (Lipinski definition) is 0. The van der Waals surface area contributed by atoms with Gasteiger partial charge < -0.3 is 4.74 Å². The van der Waals surface area contributed by atoms with Gasteiger partial charge in [-0.25, -0.2) is 0 Å². The van der Waals surface area contributed by atoms with Gasteiger partial charge in [0.15, 0.2) is 17.1 Å². The molecule has 0 aliphatic rings. The summed E-state index contributed by atoms with van der Waals surface area (Å²) >= 11 is 13.7. The van der Waals surface area contributed by atoms with Gasteiger partial charge in [-0.3, -0.25) is 4.57 Å². The molecule has 7 heteroatoms. The Balaban J connectivity index is 1.75. The van der Waals surface area contributed by atoms with Gasteiger partial charge in [0.1, 0.15) is 5.75 Å². The number of nitrogens with zero attached hydrogens (tertiary/aromatic N) is 3. The number of para-hydroxylation sites is 1. The summed E-state index contributed by atoms with van der Waals surface area (Å²) in [6.07, 6.45) is 1.59. The van der Waals surface area contributed by atoms with Gasteiger partial charge in [-0.1, -0.05) is 65.3 Å². The highest BCUT2D eigenvalue weighted by Gasteiger charge is 2.19. The first-order valence-corrected chi connectivity index (χ1v) is 10.1. The standard InChI is InChI=1S/C20H19Cl2N3OS/c1-3-11-25-19(14(2)26-16-7-5-4-6-8-16)23-24-20(25)27-13-15-9-10-17(21)18(22)12-15/h3-10,12,14H,1,11,13H2,2H3. The fourth-order valence-electron chi connectivity index (χ4n) is 2.54. The number of rotatable bonds is 8. The van der Waals surface area contributed by atoms with Crippen molar-refractivity contribution in [3.8, 4) is 5.75 Å². The van der Waals surface area contributed by atoms with Crippen LogP contribution in [0, 0.1) is 0 Å². The van der Waals surface area contributed by atoms with Crippen molar-refractivity contribution in [3.05, 3.63) is 82.6 Å². The third kappa shape index (κ3) is 5.06. The minimum atomic E-state index is -0.237. The van der Waals surface area contributed by atoms with E-state index < -0.39 is 0 Å². The summed E-state index contributed by atoms with van der Waals surface area (Å²) in [5.74, 6) is 2.26. The quantitative estimate of drug-likeness (QED) is 0.321. The van der Waals surface area contributed by atoms with E-state index in [-0.39, 0.29) is 6.10 Å². The lowest BCUT2D eigenvalue weighted by atomic mass is 10.2. The molecule has 0 fully saturated rings. The van der Waals surface area contributed by atoms with Gasteiger partial charge in [-0.2, -0.15) is 0 Å². The van der Waals surface area contributed by atoms with Crippen molar-refractivity contribution in [1.82, 2.24) is 14.8 Å². The second-order valence-corrected chi connectivity index (χ2v) is 7.61. The zero-order valence-electron chi connectivity index (χ0n) is 14.8. The van der Waals surface area contributed by atoms with Gasteiger partial charge in [0.2, 0.25) is 0 Å². The predicted molar refractivity (Wildman–Crippen MR) is 112 cm³/mol. The van der Waals surface area contributed by atoms with Crippen molar-refractivity contribution >= 4 is 35.0 Å². The Morgan fingerprint density at radius 3 is 2.63 bits per heavy atom. The van der Waals surface area contributed by atoms with Crippen molar-refractivity contribution in [1.29, 1.82) is 0 Å². The second-order valence-electron chi connectivity index (χ2n) is 5.85. The average molecular weight is 420 g/mol. The molecule has 2 aromatic carbocycles. The molecule has 1 aromatic heterocycles. The topological polar surface area (TPSA) is 39.9 Å². The Hall–Kier alpha value is -1.95. The van der Waals surface area contributed by atoms with E-state index in [9.17, 15) is 0 Å². The Kier molecular flexibility index (Phi) is 6.83. The first kappa shape index (κ1) is 19.8. The van der Waals surface area contributed by atoms with Gasteiger partial charge in [0, 0.05) is 12.3 Å². The summed E-state index contributed by atoms with van der Waals surface area (Å²) < 4.78 is 8.01. The van der Waals surface area contributed by atoms with Crippen LogP contribution in [-0.2, 0) is 12.3 Å². The van der Waals surface area contributed by atoms with Crippen molar-refractivity contribution in [2.45, 2.75) is 30.5 Å². The van der Waals surface area contributed by atoms with Crippen LogP contribution in [0.2, 0.25) is 10.0 Å². The zero-order chi connectivity index (χ0) is 19.2. The highest BCUT2D eigenvalue weighted by Crippen LogP contribution is 2.29. The Labute approximate surface area is 173 Å². The molecule has 1 heterocycles. The van der Waals surface area contributed by atoms with Gasteiger partial charge in [0.25, 0.3) is 0 Å². The summed E-state index contributed by atoms with van der Waals surface area (Å²) in [7, 11) is 0. The lowest BCUT2D eigenvalue weighted by Crippen LogP contribution is -2.12. The summed E-state index contributed by atoms with van der Waals surface area (Å²) in [6, 6.07) is 15.3. The molecule has 4 nitrogen and oxygen atoms in total. The summed E-state index contributed by atoms with van der Waals surface area (Å²) in [5.41, 5.74) is 1.07. The maximum absolute atomic E-state index is 6.10. The van der Waals surface area contributed by atoms with Gasteiger partial charge in [-0.15, -0.1) is 16.8 Å². The third-order valence-electron chi connectivity index (χ3n) is 3.83. The molecule has 0 radical (unpaired) electrons. The van der Waals surface area contributed by atoms with Gasteiger partial charge >= 0.3 is 0 Å². The fraction of sp³-hybridized carbons (Fsp3) is 0.200. The van der Waals surface area contributed by atoms with Crippen molar-refractivity contribution in [2.75, 3.05) is 0 Å². The van der Waals surface area contributed by atoms with Crippen LogP contribution in [0.15, 0.2) is 66.3 Å². The number of thioether (sulfide) groups is 1. The van der Waals surface area contributed by atoms with E-state index >= 15 is 0 Å². The number of halogens is 2. The van der Waals surface area contributed by atoms with Gasteiger partial charge in [-0.05, 0) is 36.8 Å². The van der Waals surface area contributed by atoms with Crippen LogP contribution >= 0.6 is 35.0 Å². The van der Waals surface area contributed by atoms with E-state index in [2.05, 4.69) is 16.8 Å². The molecule has 0 bridgehead atoms. The lowest BCUT2D eigenvalue weighted by molar-refractivity contribution is 0.210. The van der Waals surface area contributed by atoms with Crippen LogP contribution in [0.25, 0.3) is 0 Å². The number of allylic oxidation sites excluding steroid dienone is 1. The third-order valence-corrected chi connectivity index (χ3v) is 5.61. The zero-order valence-corrected chi connectivity index (χ0v) is 17.1. The molecule has 1 unspecified atom stereocenters. The smallest absolute Gasteiger partial charge is 0.191 e.